The maximum absolute atomic E-state index is 12.6. The molecule has 1 aliphatic rings. The number of fused-ring (bicyclic) bond motifs is 1. The van der Waals surface area contributed by atoms with Crippen molar-refractivity contribution in [2.45, 2.75) is 17.7 Å². The van der Waals surface area contributed by atoms with Gasteiger partial charge in [-0.1, -0.05) is 18.2 Å². The number of nitrogens with one attached hydrogen (secondary N) is 1. The second kappa shape index (κ2) is 6.78. The molecule has 0 amide bonds. The SMILES string of the molecule is COc1nc2c(cc1NS(=O)(=O)c1ccccc1)CCN(C)CC2. The largest absolute Gasteiger partial charge is 0.479 e. The second-order valence-electron chi connectivity index (χ2n) is 5.87. The Balaban J connectivity index is 1.96. The zero-order valence-electron chi connectivity index (χ0n) is 13.8. The number of rotatable bonds is 4. The summed E-state index contributed by atoms with van der Waals surface area (Å²) in [7, 11) is -0.103. The van der Waals surface area contributed by atoms with E-state index in [1.807, 2.05) is 6.07 Å². The number of pyridine rings is 1. The molecule has 1 aromatic heterocycles. The first-order valence-corrected chi connectivity index (χ1v) is 9.31. The number of likely N-dealkylation sites (N-methyl/N-ethyl adjacent to an activating group) is 1. The Hall–Kier alpha value is -2.12. The summed E-state index contributed by atoms with van der Waals surface area (Å²) < 4.78 is 33.0. The van der Waals surface area contributed by atoms with Crippen molar-refractivity contribution in [2.75, 3.05) is 32.0 Å². The van der Waals surface area contributed by atoms with E-state index in [0.717, 1.165) is 37.2 Å². The molecule has 6 nitrogen and oxygen atoms in total. The quantitative estimate of drug-likeness (QED) is 0.915. The molecule has 1 aromatic carbocycles. The van der Waals surface area contributed by atoms with Crippen LogP contribution in [0.15, 0.2) is 41.3 Å². The fourth-order valence-electron chi connectivity index (χ4n) is 2.76. The van der Waals surface area contributed by atoms with Crippen LogP contribution in [-0.4, -0.2) is 45.5 Å². The van der Waals surface area contributed by atoms with Crippen LogP contribution in [0.4, 0.5) is 5.69 Å². The number of ether oxygens (including phenoxy) is 1. The molecule has 0 spiro atoms. The molecule has 2 aromatic rings. The molecule has 1 aliphatic heterocycles. The van der Waals surface area contributed by atoms with E-state index in [2.05, 4.69) is 21.7 Å². The van der Waals surface area contributed by atoms with Crippen molar-refractivity contribution in [2.24, 2.45) is 0 Å². The van der Waals surface area contributed by atoms with Gasteiger partial charge in [-0.15, -0.1) is 0 Å². The minimum Gasteiger partial charge on any atom is -0.479 e. The molecular weight excluding hydrogens is 326 g/mol. The number of anilines is 1. The lowest BCUT2D eigenvalue weighted by atomic mass is 10.1. The summed E-state index contributed by atoms with van der Waals surface area (Å²) in [6.07, 6.45) is 1.66. The first kappa shape index (κ1) is 16.7. The van der Waals surface area contributed by atoms with Crippen molar-refractivity contribution >= 4 is 15.7 Å². The van der Waals surface area contributed by atoms with E-state index in [0.29, 0.717) is 11.6 Å². The van der Waals surface area contributed by atoms with Gasteiger partial charge in [0.25, 0.3) is 10.0 Å². The molecule has 0 unspecified atom stereocenters. The fraction of sp³-hybridized carbons (Fsp3) is 0.353. The molecule has 0 bridgehead atoms. The Labute approximate surface area is 142 Å². The zero-order chi connectivity index (χ0) is 17.2. The number of hydrogen-bond donors (Lipinski definition) is 1. The van der Waals surface area contributed by atoms with Gasteiger partial charge in [0, 0.05) is 25.2 Å². The summed E-state index contributed by atoms with van der Waals surface area (Å²) in [5, 5.41) is 0. The third kappa shape index (κ3) is 3.52. The minimum absolute atomic E-state index is 0.210. The van der Waals surface area contributed by atoms with Gasteiger partial charge < -0.3 is 9.64 Å². The van der Waals surface area contributed by atoms with Crippen LogP contribution in [0.2, 0.25) is 0 Å². The lowest BCUT2D eigenvalue weighted by Gasteiger charge is -2.14. The summed E-state index contributed by atoms with van der Waals surface area (Å²) in [6.45, 7) is 1.85. The monoisotopic (exact) mass is 347 g/mol. The van der Waals surface area contributed by atoms with E-state index in [1.165, 1.54) is 7.11 Å². The minimum atomic E-state index is -3.67. The Kier molecular flexibility index (Phi) is 4.73. The van der Waals surface area contributed by atoms with Crippen molar-refractivity contribution < 1.29 is 13.2 Å². The van der Waals surface area contributed by atoms with E-state index in [-0.39, 0.29) is 4.90 Å². The van der Waals surface area contributed by atoms with Crippen LogP contribution >= 0.6 is 0 Å². The smallest absolute Gasteiger partial charge is 0.262 e. The highest BCUT2D eigenvalue weighted by atomic mass is 32.2. The molecule has 0 saturated heterocycles. The number of benzene rings is 1. The highest BCUT2D eigenvalue weighted by molar-refractivity contribution is 7.92. The van der Waals surface area contributed by atoms with Gasteiger partial charge in [0.15, 0.2) is 0 Å². The highest BCUT2D eigenvalue weighted by Gasteiger charge is 2.20. The summed E-state index contributed by atoms with van der Waals surface area (Å²) in [5.74, 6) is 0.304. The van der Waals surface area contributed by atoms with Crippen LogP contribution in [0.5, 0.6) is 5.88 Å². The predicted molar refractivity (Wildman–Crippen MR) is 92.9 cm³/mol. The van der Waals surface area contributed by atoms with Gasteiger partial charge in [-0.25, -0.2) is 13.4 Å². The summed E-state index contributed by atoms with van der Waals surface area (Å²) >= 11 is 0. The second-order valence-corrected chi connectivity index (χ2v) is 7.56. The Morgan fingerprint density at radius 1 is 1.17 bits per heavy atom. The molecule has 0 radical (unpaired) electrons. The van der Waals surface area contributed by atoms with Crippen LogP contribution in [0.25, 0.3) is 0 Å². The van der Waals surface area contributed by atoms with Gasteiger partial charge in [0.1, 0.15) is 5.69 Å². The number of hydrogen-bond acceptors (Lipinski definition) is 5. The van der Waals surface area contributed by atoms with Crippen molar-refractivity contribution in [3.8, 4) is 5.88 Å². The number of aromatic nitrogens is 1. The van der Waals surface area contributed by atoms with Crippen molar-refractivity contribution in [1.82, 2.24) is 9.88 Å². The summed E-state index contributed by atoms with van der Waals surface area (Å²) in [6, 6.07) is 10.1. The van der Waals surface area contributed by atoms with Gasteiger partial charge in [-0.3, -0.25) is 4.72 Å². The third-order valence-corrected chi connectivity index (χ3v) is 5.52. The molecule has 128 valence electrons. The fourth-order valence-corrected chi connectivity index (χ4v) is 3.83. The van der Waals surface area contributed by atoms with Gasteiger partial charge in [0.05, 0.1) is 12.0 Å². The number of sulfonamides is 1. The van der Waals surface area contributed by atoms with E-state index >= 15 is 0 Å². The van der Waals surface area contributed by atoms with Crippen LogP contribution in [0.3, 0.4) is 0 Å². The Morgan fingerprint density at radius 3 is 2.58 bits per heavy atom. The van der Waals surface area contributed by atoms with Crippen molar-refractivity contribution in [3.63, 3.8) is 0 Å². The predicted octanol–water partition coefficient (Wildman–Crippen LogP) is 1.92. The zero-order valence-corrected chi connectivity index (χ0v) is 14.6. The molecular formula is C17H21N3O3S. The maximum Gasteiger partial charge on any atom is 0.262 e. The van der Waals surface area contributed by atoms with Crippen LogP contribution in [-0.2, 0) is 22.9 Å². The summed E-state index contributed by atoms with van der Waals surface area (Å²) in [4.78, 5) is 6.98. The molecule has 1 N–H and O–H groups in total. The van der Waals surface area contributed by atoms with Crippen LogP contribution < -0.4 is 9.46 Å². The highest BCUT2D eigenvalue weighted by Crippen LogP contribution is 2.29. The summed E-state index contributed by atoms with van der Waals surface area (Å²) in [5.41, 5.74) is 2.41. The van der Waals surface area contributed by atoms with Gasteiger partial charge >= 0.3 is 0 Å². The normalized spacial score (nSPS) is 15.4. The van der Waals surface area contributed by atoms with Gasteiger partial charge in [0.2, 0.25) is 5.88 Å². The van der Waals surface area contributed by atoms with Gasteiger partial charge in [-0.2, -0.15) is 0 Å². The molecule has 0 fully saturated rings. The van der Waals surface area contributed by atoms with Gasteiger partial charge in [-0.05, 0) is 37.2 Å². The molecule has 0 saturated carbocycles. The Bertz CT molecular complexity index is 822. The first-order valence-electron chi connectivity index (χ1n) is 7.83. The van der Waals surface area contributed by atoms with Crippen LogP contribution in [0.1, 0.15) is 11.3 Å². The first-order chi connectivity index (χ1) is 11.5. The van der Waals surface area contributed by atoms with Crippen molar-refractivity contribution in [1.29, 1.82) is 0 Å². The van der Waals surface area contributed by atoms with E-state index in [1.54, 1.807) is 30.3 Å². The topological polar surface area (TPSA) is 71.5 Å². The van der Waals surface area contributed by atoms with Crippen molar-refractivity contribution in [3.05, 3.63) is 47.7 Å². The lowest BCUT2D eigenvalue weighted by molar-refractivity contribution is 0.351. The van der Waals surface area contributed by atoms with E-state index in [4.69, 9.17) is 4.74 Å². The average molecular weight is 347 g/mol. The average Bonchev–Trinajstić information content (AvgIpc) is 2.76. The lowest BCUT2D eigenvalue weighted by Crippen LogP contribution is -2.20. The molecule has 24 heavy (non-hydrogen) atoms. The molecule has 0 aliphatic carbocycles. The molecule has 2 heterocycles. The third-order valence-electron chi connectivity index (χ3n) is 4.14. The van der Waals surface area contributed by atoms with Crippen LogP contribution in [0, 0.1) is 0 Å². The number of nitrogens with zero attached hydrogens (tertiary/aromatic N) is 2. The molecule has 7 heteroatoms. The molecule has 0 atom stereocenters. The Morgan fingerprint density at radius 2 is 1.88 bits per heavy atom. The molecule has 3 rings (SSSR count). The maximum atomic E-state index is 12.6. The number of methoxy groups -OCH3 is 1. The van der Waals surface area contributed by atoms with E-state index in [9.17, 15) is 8.42 Å². The standard InChI is InChI=1S/C17H21N3O3S/c1-20-10-8-13-12-16(17(23-2)18-15(13)9-11-20)19-24(21,22)14-6-4-3-5-7-14/h3-7,12,19H,8-11H2,1-2H3. The van der Waals surface area contributed by atoms with E-state index < -0.39 is 10.0 Å².